The summed E-state index contributed by atoms with van der Waals surface area (Å²) in [6.07, 6.45) is -1.90. The number of rotatable bonds is 7. The van der Waals surface area contributed by atoms with Gasteiger partial charge in [-0.15, -0.1) is 4.37 Å². The molecule has 0 radical (unpaired) electrons. The standard InChI is InChI=1S/C12H12F3N3O2S/c13-12(14,15)3-5-19-6-7-20-11-10(17-21-18-11)9-2-1-4-16-8-9/h1-2,4,8H,3,5-7H2. The fourth-order valence-corrected chi connectivity index (χ4v) is 1.96. The first-order valence-corrected chi connectivity index (χ1v) is 6.79. The predicted octanol–water partition coefficient (Wildman–Crippen LogP) is 2.95. The Labute approximate surface area is 123 Å². The summed E-state index contributed by atoms with van der Waals surface area (Å²) in [6.45, 7) is -0.214. The van der Waals surface area contributed by atoms with E-state index in [0.717, 1.165) is 17.3 Å². The number of halogens is 3. The van der Waals surface area contributed by atoms with E-state index in [2.05, 4.69) is 13.7 Å². The number of hydrogen-bond donors (Lipinski definition) is 0. The maximum absolute atomic E-state index is 11.9. The second-order valence-corrected chi connectivity index (χ2v) is 4.51. The lowest BCUT2D eigenvalue weighted by Crippen LogP contribution is -2.14. The fourth-order valence-electron chi connectivity index (χ4n) is 1.44. The van der Waals surface area contributed by atoms with E-state index >= 15 is 0 Å². The highest BCUT2D eigenvalue weighted by atomic mass is 32.1. The zero-order chi connectivity index (χ0) is 15.1. The van der Waals surface area contributed by atoms with Gasteiger partial charge in [0.2, 0.25) is 0 Å². The van der Waals surface area contributed by atoms with Gasteiger partial charge in [-0.3, -0.25) is 4.98 Å². The smallest absolute Gasteiger partial charge is 0.391 e. The van der Waals surface area contributed by atoms with Crippen molar-refractivity contribution in [1.82, 2.24) is 13.7 Å². The molecule has 9 heteroatoms. The molecule has 0 aromatic carbocycles. The van der Waals surface area contributed by atoms with Gasteiger partial charge in [-0.1, -0.05) is 0 Å². The molecule has 0 amide bonds. The van der Waals surface area contributed by atoms with Gasteiger partial charge in [0.15, 0.2) is 0 Å². The number of alkyl halides is 3. The van der Waals surface area contributed by atoms with Crippen LogP contribution in [0.1, 0.15) is 6.42 Å². The van der Waals surface area contributed by atoms with Gasteiger partial charge in [0.1, 0.15) is 12.3 Å². The third-order valence-electron chi connectivity index (χ3n) is 2.39. The Balaban J connectivity index is 1.76. The molecule has 0 aliphatic heterocycles. The maximum atomic E-state index is 11.9. The maximum Gasteiger partial charge on any atom is 0.391 e. The highest BCUT2D eigenvalue weighted by Gasteiger charge is 2.26. The largest absolute Gasteiger partial charge is 0.473 e. The summed E-state index contributed by atoms with van der Waals surface area (Å²) in [6, 6.07) is 3.58. The van der Waals surface area contributed by atoms with Gasteiger partial charge in [-0.2, -0.15) is 17.5 Å². The van der Waals surface area contributed by atoms with Crippen LogP contribution in [-0.2, 0) is 4.74 Å². The van der Waals surface area contributed by atoms with Crippen molar-refractivity contribution in [2.75, 3.05) is 19.8 Å². The Morgan fingerprint density at radius 1 is 1.14 bits per heavy atom. The van der Waals surface area contributed by atoms with Crippen molar-refractivity contribution in [3.63, 3.8) is 0 Å². The lowest BCUT2D eigenvalue weighted by molar-refractivity contribution is -0.145. The van der Waals surface area contributed by atoms with Crippen molar-refractivity contribution in [1.29, 1.82) is 0 Å². The molecule has 0 atom stereocenters. The molecular weight excluding hydrogens is 307 g/mol. The van der Waals surface area contributed by atoms with Crippen LogP contribution in [0.4, 0.5) is 13.2 Å². The van der Waals surface area contributed by atoms with E-state index in [1.807, 2.05) is 6.07 Å². The molecule has 114 valence electrons. The molecule has 2 aromatic rings. The van der Waals surface area contributed by atoms with E-state index in [1.165, 1.54) is 0 Å². The summed E-state index contributed by atoms with van der Waals surface area (Å²) in [5.41, 5.74) is 1.32. The number of pyridine rings is 1. The molecule has 0 saturated heterocycles. The summed E-state index contributed by atoms with van der Waals surface area (Å²) < 4.78 is 54.0. The predicted molar refractivity (Wildman–Crippen MR) is 70.1 cm³/mol. The van der Waals surface area contributed by atoms with Gasteiger partial charge in [0.05, 0.1) is 31.4 Å². The van der Waals surface area contributed by atoms with Crippen molar-refractivity contribution >= 4 is 11.7 Å². The molecule has 0 spiro atoms. The normalized spacial score (nSPS) is 11.6. The zero-order valence-electron chi connectivity index (χ0n) is 10.8. The molecular formula is C12H12F3N3O2S. The molecule has 5 nitrogen and oxygen atoms in total. The van der Waals surface area contributed by atoms with Crippen LogP contribution in [0, 0.1) is 0 Å². The highest BCUT2D eigenvalue weighted by Crippen LogP contribution is 2.26. The molecule has 2 aromatic heterocycles. The molecule has 0 aliphatic rings. The van der Waals surface area contributed by atoms with Crippen LogP contribution in [0.2, 0.25) is 0 Å². The summed E-state index contributed by atoms with van der Waals surface area (Å²) in [7, 11) is 0. The van der Waals surface area contributed by atoms with Crippen LogP contribution in [0.3, 0.4) is 0 Å². The third kappa shape index (κ3) is 5.27. The number of hydrogen-bond acceptors (Lipinski definition) is 6. The third-order valence-corrected chi connectivity index (χ3v) is 2.90. The van der Waals surface area contributed by atoms with E-state index in [1.54, 1.807) is 18.5 Å². The van der Waals surface area contributed by atoms with Gasteiger partial charge >= 0.3 is 6.18 Å². The van der Waals surface area contributed by atoms with Gasteiger partial charge in [0.25, 0.3) is 5.88 Å². The van der Waals surface area contributed by atoms with Crippen molar-refractivity contribution < 1.29 is 22.6 Å². The molecule has 0 aliphatic carbocycles. The van der Waals surface area contributed by atoms with Crippen LogP contribution in [0.25, 0.3) is 11.3 Å². The Bertz CT molecular complexity index is 548. The number of aromatic nitrogens is 3. The summed E-state index contributed by atoms with van der Waals surface area (Å²) in [5, 5.41) is 0. The molecule has 21 heavy (non-hydrogen) atoms. The van der Waals surface area contributed by atoms with Crippen molar-refractivity contribution in [2.45, 2.75) is 12.6 Å². The molecule has 2 heterocycles. The first-order chi connectivity index (χ1) is 10.1. The van der Waals surface area contributed by atoms with E-state index in [-0.39, 0.29) is 19.8 Å². The van der Waals surface area contributed by atoms with Crippen LogP contribution in [0.5, 0.6) is 5.88 Å². The van der Waals surface area contributed by atoms with Crippen LogP contribution in [-0.4, -0.2) is 39.7 Å². The summed E-state index contributed by atoms with van der Waals surface area (Å²) in [5.74, 6) is 0.326. The van der Waals surface area contributed by atoms with Gasteiger partial charge in [-0.25, -0.2) is 0 Å². The minimum absolute atomic E-state index is 0.0556. The Hall–Kier alpha value is -1.74. The Morgan fingerprint density at radius 2 is 2.00 bits per heavy atom. The zero-order valence-corrected chi connectivity index (χ0v) is 11.7. The average Bonchev–Trinajstić information content (AvgIpc) is 2.91. The van der Waals surface area contributed by atoms with Crippen LogP contribution < -0.4 is 4.74 Å². The van der Waals surface area contributed by atoms with E-state index in [4.69, 9.17) is 9.47 Å². The lowest BCUT2D eigenvalue weighted by Gasteiger charge is -2.08. The van der Waals surface area contributed by atoms with Gasteiger partial charge in [0, 0.05) is 18.0 Å². The second kappa shape index (κ2) is 7.32. The lowest BCUT2D eigenvalue weighted by atomic mass is 10.2. The van der Waals surface area contributed by atoms with Crippen LogP contribution in [0.15, 0.2) is 24.5 Å². The molecule has 0 fully saturated rings. The molecule has 0 saturated carbocycles. The van der Waals surface area contributed by atoms with E-state index in [9.17, 15) is 13.2 Å². The first-order valence-electron chi connectivity index (χ1n) is 6.06. The minimum Gasteiger partial charge on any atom is -0.473 e. The number of ether oxygens (including phenoxy) is 2. The molecule has 0 N–H and O–H groups in total. The van der Waals surface area contributed by atoms with Crippen molar-refractivity contribution in [2.24, 2.45) is 0 Å². The van der Waals surface area contributed by atoms with Gasteiger partial charge in [-0.05, 0) is 12.1 Å². The SMILES string of the molecule is FC(F)(F)CCOCCOc1nsnc1-c1cccnc1. The van der Waals surface area contributed by atoms with Crippen molar-refractivity contribution in [3.05, 3.63) is 24.5 Å². The Morgan fingerprint density at radius 3 is 2.71 bits per heavy atom. The van der Waals surface area contributed by atoms with E-state index < -0.39 is 12.6 Å². The Kier molecular flexibility index (Phi) is 5.45. The topological polar surface area (TPSA) is 57.1 Å². The molecule has 2 rings (SSSR count). The van der Waals surface area contributed by atoms with Crippen LogP contribution >= 0.6 is 11.7 Å². The number of nitrogens with zero attached hydrogens (tertiary/aromatic N) is 3. The van der Waals surface area contributed by atoms with Crippen molar-refractivity contribution in [3.8, 4) is 17.1 Å². The second-order valence-electron chi connectivity index (χ2n) is 3.99. The molecule has 0 bridgehead atoms. The highest BCUT2D eigenvalue weighted by molar-refractivity contribution is 6.99. The fraction of sp³-hybridized carbons (Fsp3) is 0.417. The van der Waals surface area contributed by atoms with E-state index in [0.29, 0.717) is 11.6 Å². The summed E-state index contributed by atoms with van der Waals surface area (Å²) in [4.78, 5) is 3.98. The minimum atomic E-state index is -4.20. The average molecular weight is 319 g/mol. The first kappa shape index (κ1) is 15.6. The summed E-state index contributed by atoms with van der Waals surface area (Å²) >= 11 is 0.990. The van der Waals surface area contributed by atoms with Gasteiger partial charge < -0.3 is 9.47 Å². The molecule has 0 unspecified atom stereocenters. The monoisotopic (exact) mass is 319 g/mol. The quantitative estimate of drug-likeness (QED) is 0.734.